The van der Waals surface area contributed by atoms with Gasteiger partial charge in [-0.2, -0.15) is 18.4 Å². The van der Waals surface area contributed by atoms with Crippen molar-refractivity contribution in [2.24, 2.45) is 0 Å². The summed E-state index contributed by atoms with van der Waals surface area (Å²) in [4.78, 5) is 23.3. The Morgan fingerprint density at radius 2 is 1.89 bits per heavy atom. The number of nitrogens with zero attached hydrogens (tertiary/aromatic N) is 2. The zero-order valence-electron chi connectivity index (χ0n) is 14.2. The van der Waals surface area contributed by atoms with E-state index in [0.29, 0.717) is 27.7 Å². The Kier molecular flexibility index (Phi) is 4.79. The first-order valence-corrected chi connectivity index (χ1v) is 7.90. The van der Waals surface area contributed by atoms with Gasteiger partial charge in [-0.25, -0.2) is 9.59 Å². The van der Waals surface area contributed by atoms with Crippen LogP contribution >= 0.6 is 0 Å². The zero-order chi connectivity index (χ0) is 20.5. The van der Waals surface area contributed by atoms with E-state index in [-0.39, 0.29) is 12.2 Å². The van der Waals surface area contributed by atoms with E-state index in [2.05, 4.69) is 4.74 Å². The van der Waals surface area contributed by atoms with Crippen LogP contribution < -0.4 is 5.73 Å². The van der Waals surface area contributed by atoms with Gasteiger partial charge in [0.1, 0.15) is 5.69 Å². The lowest BCUT2D eigenvalue weighted by molar-refractivity contribution is -0.193. The van der Waals surface area contributed by atoms with E-state index in [1.165, 1.54) is 10.6 Å². The minimum absolute atomic E-state index is 0.0631. The van der Waals surface area contributed by atoms with Crippen molar-refractivity contribution >= 4 is 28.5 Å². The molecule has 6 nitrogen and oxygen atoms in total. The molecule has 3 rings (SSSR count). The molecule has 0 aliphatic rings. The molecule has 142 valence electrons. The lowest BCUT2D eigenvalue weighted by Gasteiger charge is -2.11. The quantitative estimate of drug-likeness (QED) is 0.422. The smallest absolute Gasteiger partial charge is 0.399 e. The van der Waals surface area contributed by atoms with Crippen LogP contribution in [0.5, 0.6) is 0 Å². The number of alkyl halides is 3. The van der Waals surface area contributed by atoms with Gasteiger partial charge in [-0.05, 0) is 42.0 Å². The number of nitrogen functional groups attached to an aromatic ring is 1. The lowest BCUT2D eigenvalue weighted by Crippen LogP contribution is -2.28. The number of benzene rings is 2. The van der Waals surface area contributed by atoms with Crippen LogP contribution in [0.15, 0.2) is 48.5 Å². The molecule has 1 aromatic heterocycles. The van der Waals surface area contributed by atoms with Gasteiger partial charge in [0, 0.05) is 23.1 Å². The van der Waals surface area contributed by atoms with E-state index < -0.39 is 18.1 Å². The van der Waals surface area contributed by atoms with Crippen LogP contribution in [-0.2, 0) is 16.1 Å². The maximum Gasteiger partial charge on any atom is 0.491 e. The highest BCUT2D eigenvalue weighted by atomic mass is 19.4. The number of ether oxygens (including phenoxy) is 1. The number of anilines is 1. The molecule has 9 heteroatoms. The van der Waals surface area contributed by atoms with Gasteiger partial charge in [-0.15, -0.1) is 0 Å². The fourth-order valence-electron chi connectivity index (χ4n) is 2.75. The van der Waals surface area contributed by atoms with Crippen LogP contribution in [0.4, 0.5) is 18.9 Å². The average Bonchev–Trinajstić information content (AvgIpc) is 2.98. The Balaban J connectivity index is 2.06. The highest BCUT2D eigenvalue weighted by molar-refractivity contribution is 6.01. The van der Waals surface area contributed by atoms with Crippen molar-refractivity contribution in [1.82, 2.24) is 4.57 Å². The van der Waals surface area contributed by atoms with Crippen molar-refractivity contribution in [1.29, 1.82) is 5.26 Å². The van der Waals surface area contributed by atoms with Crippen LogP contribution in [0.1, 0.15) is 21.6 Å². The average molecular weight is 387 g/mol. The molecule has 3 aromatic rings. The highest BCUT2D eigenvalue weighted by Crippen LogP contribution is 2.25. The van der Waals surface area contributed by atoms with Gasteiger partial charge in [0.15, 0.2) is 0 Å². The van der Waals surface area contributed by atoms with Crippen LogP contribution in [0.2, 0.25) is 0 Å². The molecule has 28 heavy (non-hydrogen) atoms. The Hall–Kier alpha value is -3.80. The number of hydrogen-bond donors (Lipinski definition) is 1. The van der Waals surface area contributed by atoms with E-state index in [0.717, 1.165) is 0 Å². The summed E-state index contributed by atoms with van der Waals surface area (Å²) in [6.07, 6.45) is -5.29. The Morgan fingerprint density at radius 3 is 2.57 bits per heavy atom. The van der Waals surface area contributed by atoms with Crippen molar-refractivity contribution in [2.45, 2.75) is 12.7 Å². The van der Waals surface area contributed by atoms with Gasteiger partial charge >= 0.3 is 18.1 Å². The van der Waals surface area contributed by atoms with Crippen molar-refractivity contribution in [3.8, 4) is 6.07 Å². The van der Waals surface area contributed by atoms with Crippen LogP contribution in [0.25, 0.3) is 10.9 Å². The molecule has 0 atom stereocenters. The predicted molar refractivity (Wildman–Crippen MR) is 93.1 cm³/mol. The number of rotatable bonds is 3. The molecule has 0 unspecified atom stereocenters. The topological polar surface area (TPSA) is 98.1 Å². The van der Waals surface area contributed by atoms with Gasteiger partial charge in [-0.1, -0.05) is 12.1 Å². The number of esters is 2. The number of aromatic nitrogens is 1. The number of nitrogens with two attached hydrogens (primary N) is 1. The van der Waals surface area contributed by atoms with Crippen molar-refractivity contribution in [3.05, 3.63) is 65.4 Å². The van der Waals surface area contributed by atoms with E-state index in [9.17, 15) is 22.8 Å². The molecule has 0 saturated carbocycles. The second-order valence-electron chi connectivity index (χ2n) is 5.92. The summed E-state index contributed by atoms with van der Waals surface area (Å²) in [7, 11) is 0. The van der Waals surface area contributed by atoms with Crippen molar-refractivity contribution in [2.75, 3.05) is 5.73 Å². The van der Waals surface area contributed by atoms with Crippen LogP contribution in [0.3, 0.4) is 0 Å². The fourth-order valence-corrected chi connectivity index (χ4v) is 2.75. The van der Waals surface area contributed by atoms with E-state index in [1.54, 1.807) is 42.5 Å². The molecule has 0 fully saturated rings. The summed E-state index contributed by atoms with van der Waals surface area (Å²) in [5.41, 5.74) is 7.38. The Labute approximate surface area is 156 Å². The van der Waals surface area contributed by atoms with Gasteiger partial charge in [-0.3, -0.25) is 0 Å². The summed E-state index contributed by atoms with van der Waals surface area (Å²) in [5, 5.41) is 9.51. The zero-order valence-corrected chi connectivity index (χ0v) is 14.2. The van der Waals surface area contributed by atoms with Gasteiger partial charge < -0.3 is 15.0 Å². The van der Waals surface area contributed by atoms with Crippen molar-refractivity contribution < 1.29 is 27.5 Å². The lowest BCUT2D eigenvalue weighted by atomic mass is 10.1. The normalized spacial score (nSPS) is 11.2. The fraction of sp³-hybridized carbons (Fsp3) is 0.105. The predicted octanol–water partition coefficient (Wildman–Crippen LogP) is 3.39. The first-order valence-electron chi connectivity index (χ1n) is 7.90. The molecule has 0 aliphatic carbocycles. The molecule has 2 N–H and O–H groups in total. The minimum atomic E-state index is -5.29. The molecule has 1 heterocycles. The molecular weight excluding hydrogens is 375 g/mol. The molecule has 0 aliphatic heterocycles. The molecule has 0 saturated heterocycles. The minimum Gasteiger partial charge on any atom is -0.399 e. The van der Waals surface area contributed by atoms with Gasteiger partial charge in [0.2, 0.25) is 0 Å². The highest BCUT2D eigenvalue weighted by Gasteiger charge is 2.43. The van der Waals surface area contributed by atoms with Crippen molar-refractivity contribution in [3.63, 3.8) is 0 Å². The molecule has 0 bridgehead atoms. The second kappa shape index (κ2) is 7.08. The summed E-state index contributed by atoms with van der Waals surface area (Å²) < 4.78 is 42.7. The molecule has 0 amide bonds. The van der Waals surface area contributed by atoms with E-state index in [4.69, 9.17) is 11.0 Å². The third-order valence-corrected chi connectivity index (χ3v) is 3.95. The van der Waals surface area contributed by atoms with E-state index in [1.807, 2.05) is 6.07 Å². The number of hydrogen-bond acceptors (Lipinski definition) is 5. The Bertz CT molecular complexity index is 1130. The van der Waals surface area contributed by atoms with E-state index >= 15 is 0 Å². The number of fused-ring (bicyclic) bond motifs is 1. The number of nitriles is 1. The molecule has 2 aromatic carbocycles. The van der Waals surface area contributed by atoms with Gasteiger partial charge in [0.25, 0.3) is 0 Å². The SMILES string of the molecule is N#Cc1cccc(Cn2c(C(=O)OC(=O)C(F)(F)F)cc3cc(N)ccc32)c1. The third kappa shape index (κ3) is 3.81. The third-order valence-electron chi connectivity index (χ3n) is 3.95. The maximum absolute atomic E-state index is 12.4. The summed E-state index contributed by atoms with van der Waals surface area (Å²) in [6, 6.07) is 14.5. The van der Waals surface area contributed by atoms with Crippen LogP contribution in [0, 0.1) is 11.3 Å². The summed E-state index contributed by atoms with van der Waals surface area (Å²) in [5.74, 6) is -4.03. The largest absolute Gasteiger partial charge is 0.491 e. The maximum atomic E-state index is 12.4. The van der Waals surface area contributed by atoms with Gasteiger partial charge in [0.05, 0.1) is 11.6 Å². The monoisotopic (exact) mass is 387 g/mol. The Morgan fingerprint density at radius 1 is 1.14 bits per heavy atom. The molecular formula is C19H12F3N3O3. The molecule has 0 spiro atoms. The number of halogens is 3. The molecule has 0 radical (unpaired) electrons. The summed E-state index contributed by atoms with van der Waals surface area (Å²) in [6.45, 7) is 0.0631. The number of carbonyl (C=O) groups excluding carboxylic acids is 2. The number of carbonyl (C=O) groups is 2. The standard InChI is InChI=1S/C19H12F3N3O3/c20-19(21,22)18(27)28-17(26)16-8-13-7-14(24)4-5-15(13)25(16)10-12-3-1-2-11(6-12)9-23/h1-8H,10,24H2. The first kappa shape index (κ1) is 19.0. The first-order chi connectivity index (χ1) is 13.2. The van der Waals surface area contributed by atoms with Crippen LogP contribution in [-0.4, -0.2) is 22.7 Å². The summed E-state index contributed by atoms with van der Waals surface area (Å²) >= 11 is 0. The second-order valence-corrected chi connectivity index (χ2v) is 5.92.